The second kappa shape index (κ2) is 9.98. The maximum Gasteiger partial charge on any atom is 0.357 e. The van der Waals surface area contributed by atoms with Gasteiger partial charge in [-0.2, -0.15) is 0 Å². The number of hydrogen-bond acceptors (Lipinski definition) is 4. The molecule has 6 nitrogen and oxygen atoms in total. The number of amides is 1. The number of benzene rings is 2. The minimum atomic E-state index is -0.475. The molecule has 0 fully saturated rings. The predicted octanol–water partition coefficient (Wildman–Crippen LogP) is 4.98. The van der Waals surface area contributed by atoms with E-state index < -0.39 is 5.97 Å². The molecule has 2 aromatic carbocycles. The maximum absolute atomic E-state index is 13.0. The molecular formula is C25H28N2O4. The summed E-state index contributed by atoms with van der Waals surface area (Å²) in [6.07, 6.45) is 1.89. The standard InChI is InChI=1S/C25H28N2O4/c1-5-31-25(29)23-22(26-24(28)17(2)3)21(19-11-13-20(30-4)14-12-19)16-27(23)15-18-9-7-6-8-10-18/h6-14,16-17H,5,15H2,1-4H3,(H,26,28). The fraction of sp³-hybridized carbons (Fsp3) is 0.280. The van der Waals surface area contributed by atoms with Crippen molar-refractivity contribution in [1.82, 2.24) is 4.57 Å². The molecule has 0 saturated heterocycles. The molecule has 162 valence electrons. The molecule has 1 N–H and O–H groups in total. The summed E-state index contributed by atoms with van der Waals surface area (Å²) in [5.74, 6) is -0.155. The highest BCUT2D eigenvalue weighted by molar-refractivity contribution is 6.05. The molecule has 0 atom stereocenters. The van der Waals surface area contributed by atoms with E-state index in [1.165, 1.54) is 0 Å². The molecule has 3 rings (SSSR count). The molecule has 0 aliphatic carbocycles. The predicted molar refractivity (Wildman–Crippen MR) is 121 cm³/mol. The van der Waals surface area contributed by atoms with Crippen LogP contribution in [0.2, 0.25) is 0 Å². The summed E-state index contributed by atoms with van der Waals surface area (Å²) >= 11 is 0. The van der Waals surface area contributed by atoms with Gasteiger partial charge in [-0.05, 0) is 30.2 Å². The summed E-state index contributed by atoms with van der Waals surface area (Å²) in [5.41, 5.74) is 3.42. The molecule has 0 radical (unpaired) electrons. The Bertz CT molecular complexity index is 1040. The Morgan fingerprint density at radius 2 is 1.71 bits per heavy atom. The Balaban J connectivity index is 2.17. The first kappa shape index (κ1) is 22.2. The number of carbonyl (C=O) groups is 2. The summed E-state index contributed by atoms with van der Waals surface area (Å²) in [4.78, 5) is 25.6. The second-order valence-electron chi connectivity index (χ2n) is 7.47. The molecule has 1 amide bonds. The number of anilines is 1. The van der Waals surface area contributed by atoms with Gasteiger partial charge in [-0.15, -0.1) is 0 Å². The van der Waals surface area contributed by atoms with Crippen molar-refractivity contribution in [3.63, 3.8) is 0 Å². The molecule has 1 aromatic heterocycles. The number of hydrogen-bond donors (Lipinski definition) is 1. The molecular weight excluding hydrogens is 392 g/mol. The SMILES string of the molecule is CCOC(=O)c1c(NC(=O)C(C)C)c(-c2ccc(OC)cc2)cn1Cc1ccccc1. The lowest BCUT2D eigenvalue weighted by Crippen LogP contribution is -2.21. The van der Waals surface area contributed by atoms with E-state index in [0.29, 0.717) is 17.9 Å². The highest BCUT2D eigenvalue weighted by atomic mass is 16.5. The maximum atomic E-state index is 13.0. The normalized spacial score (nSPS) is 10.7. The van der Waals surface area contributed by atoms with Crippen molar-refractivity contribution in [3.05, 3.63) is 72.1 Å². The van der Waals surface area contributed by atoms with Gasteiger partial charge in [0.15, 0.2) is 5.69 Å². The van der Waals surface area contributed by atoms with Crippen LogP contribution in [0, 0.1) is 5.92 Å². The fourth-order valence-electron chi connectivity index (χ4n) is 3.26. The Labute approximate surface area is 182 Å². The van der Waals surface area contributed by atoms with Crippen LogP contribution < -0.4 is 10.1 Å². The van der Waals surface area contributed by atoms with Crippen LogP contribution in [0.25, 0.3) is 11.1 Å². The Kier molecular flexibility index (Phi) is 7.13. The lowest BCUT2D eigenvalue weighted by Gasteiger charge is -2.13. The largest absolute Gasteiger partial charge is 0.497 e. The van der Waals surface area contributed by atoms with Crippen LogP contribution >= 0.6 is 0 Å². The van der Waals surface area contributed by atoms with Crippen molar-refractivity contribution < 1.29 is 19.1 Å². The Morgan fingerprint density at radius 3 is 2.29 bits per heavy atom. The number of rotatable bonds is 8. The van der Waals surface area contributed by atoms with Crippen LogP contribution in [0.3, 0.4) is 0 Å². The van der Waals surface area contributed by atoms with Gasteiger partial charge in [-0.3, -0.25) is 4.79 Å². The first-order chi connectivity index (χ1) is 14.9. The molecule has 0 bridgehead atoms. The van der Waals surface area contributed by atoms with E-state index in [4.69, 9.17) is 9.47 Å². The number of carbonyl (C=O) groups excluding carboxylic acids is 2. The van der Waals surface area contributed by atoms with Crippen LogP contribution in [0.15, 0.2) is 60.8 Å². The first-order valence-corrected chi connectivity index (χ1v) is 10.3. The Morgan fingerprint density at radius 1 is 1.03 bits per heavy atom. The molecule has 3 aromatic rings. The average Bonchev–Trinajstić information content (AvgIpc) is 3.12. The third kappa shape index (κ3) is 5.15. The summed E-state index contributed by atoms with van der Waals surface area (Å²) in [6.45, 7) is 6.10. The van der Waals surface area contributed by atoms with Gasteiger partial charge in [0.2, 0.25) is 5.91 Å². The minimum absolute atomic E-state index is 0.169. The molecule has 0 aliphatic rings. The van der Waals surface area contributed by atoms with Crippen LogP contribution in [-0.4, -0.2) is 30.2 Å². The zero-order chi connectivity index (χ0) is 22.4. The molecule has 0 aliphatic heterocycles. The summed E-state index contributed by atoms with van der Waals surface area (Å²) < 4.78 is 12.4. The number of aromatic nitrogens is 1. The number of esters is 1. The van der Waals surface area contributed by atoms with Crippen molar-refractivity contribution >= 4 is 17.6 Å². The number of nitrogens with zero attached hydrogens (tertiary/aromatic N) is 1. The lowest BCUT2D eigenvalue weighted by atomic mass is 10.1. The van der Waals surface area contributed by atoms with Gasteiger partial charge in [0.25, 0.3) is 0 Å². The lowest BCUT2D eigenvalue weighted by molar-refractivity contribution is -0.118. The van der Waals surface area contributed by atoms with E-state index in [0.717, 1.165) is 22.4 Å². The van der Waals surface area contributed by atoms with E-state index in [1.54, 1.807) is 14.0 Å². The third-order valence-corrected chi connectivity index (χ3v) is 4.92. The Hall–Kier alpha value is -3.54. The van der Waals surface area contributed by atoms with Gasteiger partial charge < -0.3 is 19.4 Å². The number of ether oxygens (including phenoxy) is 2. The molecule has 0 spiro atoms. The topological polar surface area (TPSA) is 69.6 Å². The zero-order valence-corrected chi connectivity index (χ0v) is 18.3. The van der Waals surface area contributed by atoms with E-state index in [-0.39, 0.29) is 18.4 Å². The molecule has 6 heteroatoms. The van der Waals surface area contributed by atoms with Gasteiger partial charge >= 0.3 is 5.97 Å². The van der Waals surface area contributed by atoms with E-state index in [1.807, 2.05) is 79.2 Å². The van der Waals surface area contributed by atoms with Crippen molar-refractivity contribution in [2.24, 2.45) is 5.92 Å². The van der Waals surface area contributed by atoms with Gasteiger partial charge in [0.05, 0.1) is 19.4 Å². The van der Waals surface area contributed by atoms with Crippen LogP contribution in [0.4, 0.5) is 5.69 Å². The summed E-state index contributed by atoms with van der Waals surface area (Å²) in [7, 11) is 1.61. The van der Waals surface area contributed by atoms with Gasteiger partial charge in [-0.1, -0.05) is 56.3 Å². The average molecular weight is 421 g/mol. The minimum Gasteiger partial charge on any atom is -0.497 e. The van der Waals surface area contributed by atoms with E-state index in [2.05, 4.69) is 5.32 Å². The van der Waals surface area contributed by atoms with Gasteiger partial charge in [0, 0.05) is 24.2 Å². The highest BCUT2D eigenvalue weighted by Gasteiger charge is 2.26. The van der Waals surface area contributed by atoms with Crippen LogP contribution in [0.1, 0.15) is 36.8 Å². The smallest absolute Gasteiger partial charge is 0.357 e. The first-order valence-electron chi connectivity index (χ1n) is 10.3. The van der Waals surface area contributed by atoms with Gasteiger partial charge in [-0.25, -0.2) is 4.79 Å². The fourth-order valence-corrected chi connectivity index (χ4v) is 3.26. The molecule has 0 saturated carbocycles. The van der Waals surface area contributed by atoms with Crippen molar-refractivity contribution in [2.75, 3.05) is 19.0 Å². The van der Waals surface area contributed by atoms with Crippen molar-refractivity contribution in [3.8, 4) is 16.9 Å². The highest BCUT2D eigenvalue weighted by Crippen LogP contribution is 2.35. The zero-order valence-electron chi connectivity index (χ0n) is 18.3. The third-order valence-electron chi connectivity index (χ3n) is 4.92. The quantitative estimate of drug-likeness (QED) is 0.522. The van der Waals surface area contributed by atoms with Crippen molar-refractivity contribution in [2.45, 2.75) is 27.3 Å². The van der Waals surface area contributed by atoms with Crippen molar-refractivity contribution in [1.29, 1.82) is 0 Å². The van der Waals surface area contributed by atoms with E-state index in [9.17, 15) is 9.59 Å². The number of nitrogens with one attached hydrogen (secondary N) is 1. The van der Waals surface area contributed by atoms with Crippen LogP contribution in [0.5, 0.6) is 5.75 Å². The van der Waals surface area contributed by atoms with Gasteiger partial charge in [0.1, 0.15) is 5.75 Å². The molecule has 1 heterocycles. The monoisotopic (exact) mass is 420 g/mol. The molecule has 0 unspecified atom stereocenters. The van der Waals surface area contributed by atoms with E-state index >= 15 is 0 Å². The summed E-state index contributed by atoms with van der Waals surface area (Å²) in [6, 6.07) is 17.3. The molecule has 31 heavy (non-hydrogen) atoms. The number of methoxy groups -OCH3 is 1. The summed E-state index contributed by atoms with van der Waals surface area (Å²) in [5, 5.41) is 2.96. The van der Waals surface area contributed by atoms with Crippen LogP contribution in [-0.2, 0) is 16.1 Å². The second-order valence-corrected chi connectivity index (χ2v) is 7.47.